The first-order chi connectivity index (χ1) is 20.4. The van der Waals surface area contributed by atoms with Crippen molar-refractivity contribution in [1.82, 2.24) is 9.97 Å². The Morgan fingerprint density at radius 3 is 2.12 bits per heavy atom. The summed E-state index contributed by atoms with van der Waals surface area (Å²) in [4.78, 5) is 8.97. The fraction of sp³-hybridized carbons (Fsp3) is 0.128. The second-order valence-corrected chi connectivity index (χ2v) is 10.8. The molecule has 0 saturated heterocycles. The van der Waals surface area contributed by atoms with E-state index in [2.05, 4.69) is 117 Å². The summed E-state index contributed by atoms with van der Waals surface area (Å²) in [5.41, 5.74) is 14.7. The van der Waals surface area contributed by atoms with Crippen LogP contribution in [-0.4, -0.2) is 9.97 Å². The molecule has 1 radical (unpaired) electrons. The molecule has 0 amide bonds. The van der Waals surface area contributed by atoms with Crippen molar-refractivity contribution in [1.29, 1.82) is 0 Å². The molecule has 0 atom stereocenters. The van der Waals surface area contributed by atoms with Crippen LogP contribution >= 0.6 is 0 Å². The summed E-state index contributed by atoms with van der Waals surface area (Å²) >= 11 is 0. The SMILES string of the molecule is Cc1c[c-]c(-c2cc(C)c(C)cn2)cc1.Cc1cccnc1-c1[c-]cc2c(c1)-c1cccc(C)c1-c1ccccc1O2.[Ir]. The Morgan fingerprint density at radius 1 is 0.581 bits per heavy atom. The van der Waals surface area contributed by atoms with E-state index in [-0.39, 0.29) is 20.1 Å². The molecule has 0 fully saturated rings. The molecule has 43 heavy (non-hydrogen) atoms. The van der Waals surface area contributed by atoms with Crippen molar-refractivity contribution >= 4 is 0 Å². The normalized spacial score (nSPS) is 10.9. The van der Waals surface area contributed by atoms with Crippen LogP contribution in [0.5, 0.6) is 11.5 Å². The first-order valence-electron chi connectivity index (χ1n) is 14.2. The Kier molecular flexibility index (Phi) is 9.01. The maximum absolute atomic E-state index is 6.31. The number of pyridine rings is 2. The summed E-state index contributed by atoms with van der Waals surface area (Å²) in [7, 11) is 0. The molecule has 3 nitrogen and oxygen atoms in total. The molecule has 7 rings (SSSR count). The van der Waals surface area contributed by atoms with Crippen LogP contribution in [0.15, 0.2) is 103 Å². The number of aromatic nitrogens is 2. The number of hydrogen-bond donors (Lipinski definition) is 0. The van der Waals surface area contributed by atoms with Crippen LogP contribution in [0.3, 0.4) is 0 Å². The maximum Gasteiger partial charge on any atom is 0.122 e. The number of rotatable bonds is 2. The number of nitrogens with zero attached hydrogens (tertiary/aromatic N) is 2. The van der Waals surface area contributed by atoms with Gasteiger partial charge < -0.3 is 14.7 Å². The Bertz CT molecular complexity index is 1910. The molecule has 1 aliphatic rings. The van der Waals surface area contributed by atoms with E-state index in [0.717, 1.165) is 50.7 Å². The van der Waals surface area contributed by atoms with Gasteiger partial charge in [-0.2, -0.15) is 0 Å². The Balaban J connectivity index is 0.000000197. The van der Waals surface area contributed by atoms with Crippen molar-refractivity contribution in [2.75, 3.05) is 0 Å². The van der Waals surface area contributed by atoms with Crippen LogP contribution in [0.1, 0.15) is 27.8 Å². The van der Waals surface area contributed by atoms with E-state index >= 15 is 0 Å². The average molecular weight is 737 g/mol. The van der Waals surface area contributed by atoms with Gasteiger partial charge in [0.25, 0.3) is 0 Å². The average Bonchev–Trinajstić information content (AvgIpc) is 3.14. The van der Waals surface area contributed by atoms with Gasteiger partial charge in [0, 0.05) is 38.1 Å². The Morgan fingerprint density at radius 2 is 1.35 bits per heavy atom. The van der Waals surface area contributed by atoms with Crippen molar-refractivity contribution in [3.8, 4) is 56.3 Å². The second kappa shape index (κ2) is 12.9. The molecule has 0 aliphatic carbocycles. The van der Waals surface area contributed by atoms with Gasteiger partial charge in [0.15, 0.2) is 0 Å². The molecule has 4 heteroatoms. The molecule has 0 saturated carbocycles. The molecule has 1 aliphatic heterocycles. The van der Waals surface area contributed by atoms with Gasteiger partial charge in [-0.3, -0.25) is 0 Å². The Labute approximate surface area is 268 Å². The topological polar surface area (TPSA) is 35.0 Å². The van der Waals surface area contributed by atoms with E-state index in [1.807, 2.05) is 42.7 Å². The zero-order chi connectivity index (χ0) is 29.2. The number of aryl methyl sites for hydroxylation is 5. The van der Waals surface area contributed by atoms with E-state index in [0.29, 0.717) is 0 Å². The standard InChI is InChI=1S/C25H18NO.C14H14N.Ir/c1-16-7-5-10-19-21-15-18(25-17(2)8-6-14-26-25)12-13-23(21)27-22-11-4-3-9-20(22)24(16)19;1-10-4-6-13(7-5-10)14-8-11(2)12(3)9-15-14;/h3-11,13-15H,1-2H3;4-6,8-9H,1-3H3;/q2*-1;. The van der Waals surface area contributed by atoms with Gasteiger partial charge in [-0.05, 0) is 73.5 Å². The predicted octanol–water partition coefficient (Wildman–Crippen LogP) is 10.1. The first kappa shape index (κ1) is 30.1. The molecule has 215 valence electrons. The number of para-hydroxylation sites is 1. The smallest absolute Gasteiger partial charge is 0.122 e. The summed E-state index contributed by atoms with van der Waals surface area (Å²) < 4.78 is 6.31. The molecule has 0 bridgehead atoms. The third-order valence-corrected chi connectivity index (χ3v) is 7.73. The minimum Gasteiger partial charge on any atom is -0.500 e. The largest absolute Gasteiger partial charge is 0.500 e. The van der Waals surface area contributed by atoms with Gasteiger partial charge in [-0.25, -0.2) is 0 Å². The molecule has 0 spiro atoms. The van der Waals surface area contributed by atoms with E-state index in [1.54, 1.807) is 0 Å². The van der Waals surface area contributed by atoms with Crippen molar-refractivity contribution < 1.29 is 24.8 Å². The summed E-state index contributed by atoms with van der Waals surface area (Å²) in [5.74, 6) is 1.70. The van der Waals surface area contributed by atoms with E-state index < -0.39 is 0 Å². The van der Waals surface area contributed by atoms with Crippen molar-refractivity contribution in [3.63, 3.8) is 0 Å². The van der Waals surface area contributed by atoms with Crippen molar-refractivity contribution in [2.24, 2.45) is 0 Å². The second-order valence-electron chi connectivity index (χ2n) is 10.8. The van der Waals surface area contributed by atoms with E-state index in [4.69, 9.17) is 4.74 Å². The number of benzene rings is 4. The molecular formula is C39H32IrN2O-2. The zero-order valence-electron chi connectivity index (χ0n) is 25.0. The minimum absolute atomic E-state index is 0. The maximum atomic E-state index is 6.31. The van der Waals surface area contributed by atoms with E-state index in [9.17, 15) is 0 Å². The molecule has 4 aromatic carbocycles. The summed E-state index contributed by atoms with van der Waals surface area (Å²) in [6.45, 7) is 10.5. The van der Waals surface area contributed by atoms with Crippen molar-refractivity contribution in [2.45, 2.75) is 34.6 Å². The summed E-state index contributed by atoms with van der Waals surface area (Å²) in [6, 6.07) is 37.6. The molecule has 2 aromatic heterocycles. The minimum atomic E-state index is 0. The molecule has 6 aromatic rings. The van der Waals surface area contributed by atoms with Gasteiger partial charge >= 0.3 is 0 Å². The molecular weight excluding hydrogens is 705 g/mol. The van der Waals surface area contributed by atoms with Gasteiger partial charge in [0.1, 0.15) is 5.75 Å². The number of hydrogen-bond acceptors (Lipinski definition) is 3. The van der Waals surface area contributed by atoms with Crippen LogP contribution in [-0.2, 0) is 20.1 Å². The van der Waals surface area contributed by atoms with Crippen molar-refractivity contribution in [3.05, 3.63) is 143 Å². The Hall–Kier alpha value is -4.37. The number of fused-ring (bicyclic) bond motifs is 5. The van der Waals surface area contributed by atoms with Gasteiger partial charge in [-0.1, -0.05) is 72.1 Å². The van der Waals surface area contributed by atoms with Crippen LogP contribution in [0, 0.1) is 46.8 Å². The van der Waals surface area contributed by atoms with Gasteiger partial charge in [0.05, 0.1) is 5.75 Å². The predicted molar refractivity (Wildman–Crippen MR) is 172 cm³/mol. The zero-order valence-corrected chi connectivity index (χ0v) is 27.3. The van der Waals surface area contributed by atoms with Crippen LogP contribution in [0.25, 0.3) is 44.8 Å². The third kappa shape index (κ3) is 6.22. The van der Waals surface area contributed by atoms with Gasteiger partial charge in [0.2, 0.25) is 0 Å². The summed E-state index contributed by atoms with van der Waals surface area (Å²) in [6.07, 6.45) is 3.74. The number of ether oxygens (including phenoxy) is 1. The molecule has 0 N–H and O–H groups in total. The monoisotopic (exact) mass is 737 g/mol. The molecule has 3 heterocycles. The van der Waals surface area contributed by atoms with Gasteiger partial charge in [-0.15, -0.1) is 59.2 Å². The fourth-order valence-corrected chi connectivity index (χ4v) is 5.24. The first-order valence-corrected chi connectivity index (χ1v) is 14.2. The van der Waals surface area contributed by atoms with Crippen LogP contribution in [0.4, 0.5) is 0 Å². The van der Waals surface area contributed by atoms with E-state index in [1.165, 1.54) is 33.4 Å². The molecule has 0 unspecified atom stereocenters. The quantitative estimate of drug-likeness (QED) is 0.166. The fourth-order valence-electron chi connectivity index (χ4n) is 5.24. The third-order valence-electron chi connectivity index (χ3n) is 7.73. The van der Waals surface area contributed by atoms with Crippen LogP contribution in [0.2, 0.25) is 0 Å². The summed E-state index contributed by atoms with van der Waals surface area (Å²) in [5, 5.41) is 0. The van der Waals surface area contributed by atoms with Crippen LogP contribution < -0.4 is 4.74 Å².